The Kier molecular flexibility index (Phi) is 3.95. The average molecular weight is 289 g/mol. The fourth-order valence-corrected chi connectivity index (χ4v) is 2.12. The summed E-state index contributed by atoms with van der Waals surface area (Å²) < 4.78 is 19.6. The monoisotopic (exact) mass is 288 g/mol. The summed E-state index contributed by atoms with van der Waals surface area (Å²) >= 11 is 3.29. The van der Waals surface area contributed by atoms with Gasteiger partial charge in [-0.2, -0.15) is 0 Å². The predicted molar refractivity (Wildman–Crippen MR) is 62.4 cm³/mol. The summed E-state index contributed by atoms with van der Waals surface area (Å²) in [5, 5.41) is 8.85. The Hall–Kier alpha value is -0.450. The molecule has 1 saturated carbocycles. The van der Waals surface area contributed by atoms with Crippen LogP contribution in [0.3, 0.4) is 0 Å². The molecule has 0 spiro atoms. The molecule has 2 rings (SSSR count). The SMILES string of the molecule is OC[C@H]1C[C@@H]1COCc1cc(Br)ccc1F. The summed E-state index contributed by atoms with van der Waals surface area (Å²) in [5.41, 5.74) is 0.565. The highest BCUT2D eigenvalue weighted by molar-refractivity contribution is 9.10. The number of ether oxygens (including phenoxy) is 1. The van der Waals surface area contributed by atoms with Crippen molar-refractivity contribution in [2.45, 2.75) is 13.0 Å². The van der Waals surface area contributed by atoms with Gasteiger partial charge in [0.05, 0.1) is 13.2 Å². The molecule has 0 aromatic heterocycles. The molecule has 1 N–H and O–H groups in total. The molecular weight excluding hydrogens is 275 g/mol. The van der Waals surface area contributed by atoms with Crippen molar-refractivity contribution in [3.63, 3.8) is 0 Å². The summed E-state index contributed by atoms with van der Waals surface area (Å²) in [4.78, 5) is 0. The van der Waals surface area contributed by atoms with Gasteiger partial charge in [0.25, 0.3) is 0 Å². The van der Waals surface area contributed by atoms with Crippen molar-refractivity contribution in [3.05, 3.63) is 34.1 Å². The van der Waals surface area contributed by atoms with Crippen molar-refractivity contribution in [1.82, 2.24) is 0 Å². The van der Waals surface area contributed by atoms with E-state index in [0.717, 1.165) is 10.9 Å². The van der Waals surface area contributed by atoms with E-state index in [-0.39, 0.29) is 12.4 Å². The van der Waals surface area contributed by atoms with Crippen molar-refractivity contribution >= 4 is 15.9 Å². The molecule has 16 heavy (non-hydrogen) atoms. The molecule has 2 nitrogen and oxygen atoms in total. The standard InChI is InChI=1S/C12H14BrFO2/c13-11-1-2-12(14)10(4-11)7-16-6-9-3-8(9)5-15/h1-2,4,8-9,15H,3,5-7H2/t8-,9-/m1/s1. The van der Waals surface area contributed by atoms with Gasteiger partial charge in [-0.3, -0.25) is 0 Å². The minimum absolute atomic E-state index is 0.235. The molecule has 0 unspecified atom stereocenters. The quantitative estimate of drug-likeness (QED) is 0.903. The first-order valence-electron chi connectivity index (χ1n) is 5.33. The van der Waals surface area contributed by atoms with Gasteiger partial charge in [-0.25, -0.2) is 4.39 Å². The first-order chi connectivity index (χ1) is 7.70. The third-order valence-corrected chi connectivity index (χ3v) is 3.39. The molecule has 4 heteroatoms. The molecule has 1 aromatic rings. The second-order valence-corrected chi connectivity index (χ2v) is 5.10. The van der Waals surface area contributed by atoms with E-state index in [1.54, 1.807) is 12.1 Å². The molecule has 0 aliphatic heterocycles. The maximum Gasteiger partial charge on any atom is 0.128 e. The normalized spacial score (nSPS) is 23.4. The van der Waals surface area contributed by atoms with Gasteiger partial charge in [-0.1, -0.05) is 15.9 Å². The first kappa shape index (κ1) is 12.0. The highest BCUT2D eigenvalue weighted by atomic mass is 79.9. The van der Waals surface area contributed by atoms with Crippen LogP contribution < -0.4 is 0 Å². The minimum Gasteiger partial charge on any atom is -0.396 e. The van der Waals surface area contributed by atoms with Crippen molar-refractivity contribution in [3.8, 4) is 0 Å². The Balaban J connectivity index is 1.79. The van der Waals surface area contributed by atoms with Crippen LogP contribution in [0.15, 0.2) is 22.7 Å². The fraction of sp³-hybridized carbons (Fsp3) is 0.500. The third-order valence-electron chi connectivity index (χ3n) is 2.90. The second kappa shape index (κ2) is 5.25. The Morgan fingerprint density at radius 1 is 1.44 bits per heavy atom. The molecule has 1 aromatic carbocycles. The molecule has 1 fully saturated rings. The van der Waals surface area contributed by atoms with Crippen LogP contribution in [0.25, 0.3) is 0 Å². The van der Waals surface area contributed by atoms with Gasteiger partial charge in [0.1, 0.15) is 5.82 Å². The van der Waals surface area contributed by atoms with Crippen molar-refractivity contribution in [2.24, 2.45) is 11.8 Å². The fourth-order valence-electron chi connectivity index (χ4n) is 1.71. The summed E-state index contributed by atoms with van der Waals surface area (Å²) in [6.07, 6.45) is 1.03. The van der Waals surface area contributed by atoms with Gasteiger partial charge >= 0.3 is 0 Å². The largest absolute Gasteiger partial charge is 0.396 e. The lowest BCUT2D eigenvalue weighted by Gasteiger charge is -2.05. The van der Waals surface area contributed by atoms with E-state index in [1.165, 1.54) is 6.07 Å². The van der Waals surface area contributed by atoms with E-state index in [1.807, 2.05) is 0 Å². The maximum atomic E-state index is 13.3. The summed E-state index contributed by atoms with van der Waals surface area (Å²) in [7, 11) is 0. The lowest BCUT2D eigenvalue weighted by Crippen LogP contribution is -2.01. The zero-order valence-corrected chi connectivity index (χ0v) is 10.4. The van der Waals surface area contributed by atoms with Gasteiger partial charge in [0, 0.05) is 16.6 Å². The third kappa shape index (κ3) is 3.03. The molecule has 1 aliphatic rings. The summed E-state index contributed by atoms with van der Waals surface area (Å²) in [5.74, 6) is 0.616. The predicted octanol–water partition coefficient (Wildman–Crippen LogP) is 2.73. The first-order valence-corrected chi connectivity index (χ1v) is 6.12. The Bertz CT molecular complexity index is 370. The van der Waals surface area contributed by atoms with Crippen molar-refractivity contribution < 1.29 is 14.2 Å². The zero-order chi connectivity index (χ0) is 11.5. The molecule has 0 amide bonds. The second-order valence-electron chi connectivity index (χ2n) is 4.19. The van der Waals surface area contributed by atoms with Crippen molar-refractivity contribution in [2.75, 3.05) is 13.2 Å². The highest BCUT2D eigenvalue weighted by Crippen LogP contribution is 2.38. The summed E-state index contributed by atoms with van der Waals surface area (Å²) in [6.45, 7) is 1.14. The van der Waals surface area contributed by atoms with E-state index >= 15 is 0 Å². The van der Waals surface area contributed by atoms with E-state index in [2.05, 4.69) is 15.9 Å². The van der Waals surface area contributed by atoms with Crippen LogP contribution in [-0.4, -0.2) is 18.3 Å². The van der Waals surface area contributed by atoms with E-state index < -0.39 is 0 Å². The van der Waals surface area contributed by atoms with Gasteiger partial charge in [0.15, 0.2) is 0 Å². The Labute approximate surface area is 103 Å². The van der Waals surface area contributed by atoms with Crippen LogP contribution in [0.4, 0.5) is 4.39 Å². The Morgan fingerprint density at radius 2 is 2.25 bits per heavy atom. The molecule has 0 saturated heterocycles. The number of hydrogen-bond acceptors (Lipinski definition) is 2. The van der Waals surface area contributed by atoms with Crippen LogP contribution in [0, 0.1) is 17.7 Å². The van der Waals surface area contributed by atoms with Crippen LogP contribution in [0.2, 0.25) is 0 Å². The lowest BCUT2D eigenvalue weighted by molar-refractivity contribution is 0.102. The van der Waals surface area contributed by atoms with Crippen LogP contribution in [0.1, 0.15) is 12.0 Å². The molecular formula is C12H14BrFO2. The number of hydrogen-bond donors (Lipinski definition) is 1. The Morgan fingerprint density at radius 3 is 2.94 bits per heavy atom. The van der Waals surface area contributed by atoms with Crippen LogP contribution in [0.5, 0.6) is 0 Å². The van der Waals surface area contributed by atoms with Crippen LogP contribution in [-0.2, 0) is 11.3 Å². The molecule has 88 valence electrons. The molecule has 0 bridgehead atoms. The molecule has 0 heterocycles. The average Bonchev–Trinajstić information content (AvgIpc) is 3.02. The van der Waals surface area contributed by atoms with Gasteiger partial charge in [-0.05, 0) is 36.5 Å². The molecule has 0 radical (unpaired) electrons. The van der Waals surface area contributed by atoms with E-state index in [4.69, 9.17) is 9.84 Å². The molecule has 1 aliphatic carbocycles. The highest BCUT2D eigenvalue weighted by Gasteiger charge is 2.36. The number of aliphatic hydroxyl groups excluding tert-OH is 1. The van der Waals surface area contributed by atoms with E-state index in [9.17, 15) is 4.39 Å². The topological polar surface area (TPSA) is 29.5 Å². The van der Waals surface area contributed by atoms with Gasteiger partial charge < -0.3 is 9.84 Å². The number of aliphatic hydroxyl groups is 1. The van der Waals surface area contributed by atoms with Gasteiger partial charge in [-0.15, -0.1) is 0 Å². The maximum absolute atomic E-state index is 13.3. The zero-order valence-electron chi connectivity index (χ0n) is 8.83. The van der Waals surface area contributed by atoms with Crippen molar-refractivity contribution in [1.29, 1.82) is 0 Å². The number of benzene rings is 1. The number of rotatable bonds is 5. The van der Waals surface area contributed by atoms with E-state index in [0.29, 0.717) is 30.6 Å². The number of halogens is 2. The summed E-state index contributed by atoms with van der Waals surface area (Å²) in [6, 6.07) is 4.82. The minimum atomic E-state index is -0.238. The smallest absolute Gasteiger partial charge is 0.128 e. The van der Waals surface area contributed by atoms with Crippen LogP contribution >= 0.6 is 15.9 Å². The molecule has 2 atom stereocenters. The lowest BCUT2D eigenvalue weighted by atomic mass is 10.2. The van der Waals surface area contributed by atoms with Gasteiger partial charge in [0.2, 0.25) is 0 Å².